The fourth-order valence-electron chi connectivity index (χ4n) is 3.86. The summed E-state index contributed by atoms with van der Waals surface area (Å²) in [7, 11) is 2.04. The van der Waals surface area contributed by atoms with E-state index in [0.717, 1.165) is 46.9 Å². The number of fused-ring (bicyclic) bond motifs is 1. The molecule has 0 aliphatic carbocycles. The SMILES string of the molecule is Cc1cc2ncnc(N3CC(Cn4nc(-c5cccnc5)ccc4=O)C3)c2n1C. The summed E-state index contributed by atoms with van der Waals surface area (Å²) in [6, 6.07) is 9.21. The lowest BCUT2D eigenvalue weighted by Gasteiger charge is -2.40. The number of nitrogens with zero attached hydrogens (tertiary/aromatic N) is 7. The van der Waals surface area contributed by atoms with Gasteiger partial charge >= 0.3 is 0 Å². The molecule has 146 valence electrons. The van der Waals surface area contributed by atoms with Gasteiger partial charge in [0.05, 0.1) is 17.8 Å². The summed E-state index contributed by atoms with van der Waals surface area (Å²) in [5.41, 5.74) is 4.74. The van der Waals surface area contributed by atoms with Crippen molar-refractivity contribution in [3.05, 3.63) is 65.1 Å². The molecule has 4 aromatic heterocycles. The molecule has 1 saturated heterocycles. The van der Waals surface area contributed by atoms with Crippen molar-refractivity contribution in [1.82, 2.24) is 29.3 Å². The molecule has 0 bridgehead atoms. The molecule has 0 amide bonds. The number of aryl methyl sites for hydroxylation is 2. The molecule has 0 unspecified atom stereocenters. The van der Waals surface area contributed by atoms with Crippen LogP contribution >= 0.6 is 0 Å². The second-order valence-electron chi connectivity index (χ2n) is 7.53. The highest BCUT2D eigenvalue weighted by Crippen LogP contribution is 2.30. The summed E-state index contributed by atoms with van der Waals surface area (Å²) >= 11 is 0. The molecule has 5 rings (SSSR count). The quantitative estimate of drug-likeness (QED) is 0.533. The Morgan fingerprint density at radius 3 is 2.83 bits per heavy atom. The molecular weight excluding hydrogens is 366 g/mol. The van der Waals surface area contributed by atoms with Crippen molar-refractivity contribution in [1.29, 1.82) is 0 Å². The van der Waals surface area contributed by atoms with Crippen molar-refractivity contribution in [3.63, 3.8) is 0 Å². The molecule has 0 saturated carbocycles. The van der Waals surface area contributed by atoms with Crippen LogP contribution in [0.2, 0.25) is 0 Å². The topological polar surface area (TPSA) is 81.7 Å². The van der Waals surface area contributed by atoms with Gasteiger partial charge in [0.2, 0.25) is 0 Å². The zero-order chi connectivity index (χ0) is 20.0. The van der Waals surface area contributed by atoms with Crippen LogP contribution in [0.1, 0.15) is 5.69 Å². The fraction of sp³-hybridized carbons (Fsp3) is 0.286. The summed E-state index contributed by atoms with van der Waals surface area (Å²) in [6.45, 7) is 4.32. The molecule has 0 radical (unpaired) electrons. The Morgan fingerprint density at radius 2 is 2.03 bits per heavy atom. The molecule has 1 fully saturated rings. The lowest BCUT2D eigenvalue weighted by Crippen LogP contribution is -2.50. The van der Waals surface area contributed by atoms with Gasteiger partial charge in [0.1, 0.15) is 11.8 Å². The summed E-state index contributed by atoms with van der Waals surface area (Å²) in [5, 5.41) is 4.55. The standard InChI is InChI=1S/C21H21N7O/c1-14-8-18-20(26(14)2)21(24-13-23-18)27-10-15(11-27)12-28-19(29)6-5-17(25-28)16-4-3-7-22-9-16/h3-9,13,15H,10-12H2,1-2H3. The Morgan fingerprint density at radius 1 is 1.17 bits per heavy atom. The first kappa shape index (κ1) is 17.5. The minimum Gasteiger partial charge on any atom is -0.354 e. The lowest BCUT2D eigenvalue weighted by molar-refractivity contribution is 0.334. The zero-order valence-electron chi connectivity index (χ0n) is 16.4. The smallest absolute Gasteiger partial charge is 0.266 e. The van der Waals surface area contributed by atoms with E-state index in [1.807, 2.05) is 19.2 Å². The van der Waals surface area contributed by atoms with Crippen molar-refractivity contribution >= 4 is 16.9 Å². The van der Waals surface area contributed by atoms with Crippen LogP contribution in [0.3, 0.4) is 0 Å². The number of hydrogen-bond acceptors (Lipinski definition) is 6. The predicted octanol–water partition coefficient (Wildman–Crippen LogP) is 2.03. The van der Waals surface area contributed by atoms with Gasteiger partial charge in [-0.15, -0.1) is 0 Å². The van der Waals surface area contributed by atoms with Crippen molar-refractivity contribution in [2.75, 3.05) is 18.0 Å². The third-order valence-electron chi connectivity index (χ3n) is 5.55. The minimum atomic E-state index is -0.0847. The molecular formula is C21H21N7O. The van der Waals surface area contributed by atoms with E-state index in [4.69, 9.17) is 0 Å². The van der Waals surface area contributed by atoms with Crippen molar-refractivity contribution < 1.29 is 0 Å². The van der Waals surface area contributed by atoms with E-state index in [1.54, 1.807) is 35.5 Å². The van der Waals surface area contributed by atoms with Gasteiger partial charge in [-0.05, 0) is 31.2 Å². The third kappa shape index (κ3) is 3.06. The normalized spacial score (nSPS) is 14.3. The molecule has 4 aromatic rings. The first-order valence-electron chi connectivity index (χ1n) is 9.60. The van der Waals surface area contributed by atoms with Gasteiger partial charge in [-0.2, -0.15) is 5.10 Å². The molecule has 1 aliphatic heterocycles. The van der Waals surface area contributed by atoms with Crippen molar-refractivity contribution in [2.24, 2.45) is 13.0 Å². The van der Waals surface area contributed by atoms with Crippen LogP contribution in [0.4, 0.5) is 5.82 Å². The summed E-state index contributed by atoms with van der Waals surface area (Å²) in [6.07, 6.45) is 5.10. The monoisotopic (exact) mass is 387 g/mol. The van der Waals surface area contributed by atoms with Gasteiger partial charge < -0.3 is 9.47 Å². The van der Waals surface area contributed by atoms with E-state index >= 15 is 0 Å². The van der Waals surface area contributed by atoms with Crippen LogP contribution < -0.4 is 10.5 Å². The Balaban J connectivity index is 1.35. The number of anilines is 1. The largest absolute Gasteiger partial charge is 0.354 e. The van der Waals surface area contributed by atoms with E-state index in [0.29, 0.717) is 12.5 Å². The average Bonchev–Trinajstić information content (AvgIpc) is 3.00. The van der Waals surface area contributed by atoms with Crippen LogP contribution in [-0.4, -0.2) is 42.4 Å². The lowest BCUT2D eigenvalue weighted by atomic mass is 10.00. The summed E-state index contributed by atoms with van der Waals surface area (Å²) in [5.74, 6) is 1.29. The van der Waals surface area contributed by atoms with E-state index in [9.17, 15) is 4.79 Å². The van der Waals surface area contributed by atoms with E-state index in [1.165, 1.54) is 0 Å². The van der Waals surface area contributed by atoms with E-state index in [2.05, 4.69) is 42.5 Å². The number of aromatic nitrogens is 6. The molecule has 29 heavy (non-hydrogen) atoms. The highest BCUT2D eigenvalue weighted by molar-refractivity contribution is 5.87. The molecule has 0 atom stereocenters. The van der Waals surface area contributed by atoms with Crippen molar-refractivity contribution in [2.45, 2.75) is 13.5 Å². The molecule has 0 aromatic carbocycles. The van der Waals surface area contributed by atoms with Gasteiger partial charge in [0, 0.05) is 55.8 Å². The van der Waals surface area contributed by atoms with Crippen LogP contribution in [0.25, 0.3) is 22.3 Å². The van der Waals surface area contributed by atoms with E-state index < -0.39 is 0 Å². The molecule has 0 N–H and O–H groups in total. The maximum Gasteiger partial charge on any atom is 0.266 e. The van der Waals surface area contributed by atoms with Crippen LogP contribution in [0.15, 0.2) is 53.8 Å². The molecule has 1 aliphatic rings. The molecule has 0 spiro atoms. The zero-order valence-corrected chi connectivity index (χ0v) is 16.4. The minimum absolute atomic E-state index is 0.0847. The maximum atomic E-state index is 12.3. The summed E-state index contributed by atoms with van der Waals surface area (Å²) in [4.78, 5) is 27.6. The molecule has 5 heterocycles. The molecule has 8 heteroatoms. The van der Waals surface area contributed by atoms with Gasteiger partial charge in [-0.1, -0.05) is 0 Å². The first-order valence-corrected chi connectivity index (χ1v) is 9.60. The number of hydrogen-bond donors (Lipinski definition) is 0. The van der Waals surface area contributed by atoms with Crippen LogP contribution in [0, 0.1) is 12.8 Å². The summed E-state index contributed by atoms with van der Waals surface area (Å²) < 4.78 is 3.69. The highest BCUT2D eigenvalue weighted by atomic mass is 16.1. The van der Waals surface area contributed by atoms with Gasteiger partial charge in [-0.25, -0.2) is 14.6 Å². The second kappa shape index (κ2) is 6.80. The second-order valence-corrected chi connectivity index (χ2v) is 7.53. The maximum absolute atomic E-state index is 12.3. The Bertz CT molecular complexity index is 1240. The van der Waals surface area contributed by atoms with Crippen LogP contribution in [-0.2, 0) is 13.6 Å². The number of pyridine rings is 1. The third-order valence-corrected chi connectivity index (χ3v) is 5.55. The molecule has 8 nitrogen and oxygen atoms in total. The van der Waals surface area contributed by atoms with Crippen LogP contribution in [0.5, 0.6) is 0 Å². The van der Waals surface area contributed by atoms with Gasteiger partial charge in [-0.3, -0.25) is 9.78 Å². The van der Waals surface area contributed by atoms with Crippen molar-refractivity contribution in [3.8, 4) is 11.3 Å². The predicted molar refractivity (Wildman–Crippen MR) is 111 cm³/mol. The fourth-order valence-corrected chi connectivity index (χ4v) is 3.86. The van der Waals surface area contributed by atoms with Gasteiger partial charge in [0.25, 0.3) is 5.56 Å². The Labute approximate surface area is 167 Å². The highest BCUT2D eigenvalue weighted by Gasteiger charge is 2.30. The first-order chi connectivity index (χ1) is 14.1. The Kier molecular flexibility index (Phi) is 4.12. The average molecular weight is 387 g/mol. The van der Waals surface area contributed by atoms with E-state index in [-0.39, 0.29) is 5.56 Å². The Hall–Kier alpha value is -3.55. The van der Waals surface area contributed by atoms with Gasteiger partial charge in [0.15, 0.2) is 5.82 Å². The number of rotatable bonds is 4.